The monoisotopic (exact) mass is 555 g/mol. The van der Waals surface area contributed by atoms with Crippen LogP contribution in [0, 0.1) is 11.8 Å². The average Bonchev–Trinajstić information content (AvgIpc) is 3.32. The Kier molecular flexibility index (Phi) is 12.8. The van der Waals surface area contributed by atoms with Gasteiger partial charge >= 0.3 is 0 Å². The summed E-state index contributed by atoms with van der Waals surface area (Å²) in [5.41, 5.74) is 2.20. The highest BCUT2D eigenvalue weighted by Gasteiger charge is 2.30. The summed E-state index contributed by atoms with van der Waals surface area (Å²) in [7, 11) is 3.92. The van der Waals surface area contributed by atoms with Crippen LogP contribution in [0.5, 0.6) is 0 Å². The van der Waals surface area contributed by atoms with Crippen LogP contribution in [0.3, 0.4) is 0 Å². The zero-order valence-electron chi connectivity index (χ0n) is 24.0. The van der Waals surface area contributed by atoms with Crippen LogP contribution in [-0.2, 0) is 32.0 Å². The molecule has 7 nitrogen and oxygen atoms in total. The second kappa shape index (κ2) is 16.0. The minimum absolute atomic E-state index is 0.0683. The predicted octanol–water partition coefficient (Wildman–Crippen LogP) is 5.16. The number of allylic oxidation sites excluding steroid dienone is 1. The van der Waals surface area contributed by atoms with Gasteiger partial charge < -0.3 is 15.0 Å². The zero-order chi connectivity index (χ0) is 28.2. The molecule has 2 atom stereocenters. The first-order chi connectivity index (χ1) is 18.8. The number of carbonyl (C=O) groups is 3. The Balaban J connectivity index is 1.74. The van der Waals surface area contributed by atoms with E-state index in [2.05, 4.69) is 24.4 Å². The predicted molar refractivity (Wildman–Crippen MR) is 158 cm³/mol. The molecule has 1 fully saturated rings. The van der Waals surface area contributed by atoms with Gasteiger partial charge in [-0.2, -0.15) is 0 Å². The quantitative estimate of drug-likeness (QED) is 0.288. The van der Waals surface area contributed by atoms with Crippen LogP contribution in [0.2, 0.25) is 0 Å². The molecule has 1 N–H and O–H groups in total. The molecule has 8 heteroatoms. The molecule has 0 unspecified atom stereocenters. The van der Waals surface area contributed by atoms with Crippen molar-refractivity contribution in [3.63, 3.8) is 0 Å². The molecule has 1 amide bonds. The third-order valence-electron chi connectivity index (χ3n) is 7.34. The topological polar surface area (TPSA) is 88.6 Å². The van der Waals surface area contributed by atoms with Gasteiger partial charge in [-0.1, -0.05) is 26.0 Å². The minimum atomic E-state index is -0.478. The zero-order valence-corrected chi connectivity index (χ0v) is 24.9. The molecule has 2 aromatic rings. The number of ether oxygens (including phenoxy) is 1. The van der Waals surface area contributed by atoms with E-state index < -0.39 is 5.92 Å². The molecule has 2 heterocycles. The number of hydrogen-bond donors (Lipinski definition) is 1. The molecule has 0 saturated carbocycles. The van der Waals surface area contributed by atoms with Crippen molar-refractivity contribution in [2.45, 2.75) is 77.7 Å². The number of aryl methyl sites for hydroxylation is 1. The van der Waals surface area contributed by atoms with Crippen molar-refractivity contribution >= 4 is 39.0 Å². The average molecular weight is 556 g/mol. The number of hydrogen-bond acceptors (Lipinski definition) is 7. The molecule has 0 spiro atoms. The molecule has 0 radical (unpaired) electrons. The molecule has 214 valence electrons. The number of carbonyl (C=O) groups excluding carboxylic acids is 3. The fourth-order valence-electron chi connectivity index (χ4n) is 5.07. The Morgan fingerprint density at radius 3 is 2.64 bits per heavy atom. The van der Waals surface area contributed by atoms with Gasteiger partial charge in [-0.05, 0) is 75.9 Å². The van der Waals surface area contributed by atoms with Gasteiger partial charge in [-0.25, -0.2) is 4.98 Å². The molecule has 3 rings (SSSR count). The molecule has 0 aliphatic carbocycles. The van der Waals surface area contributed by atoms with Crippen molar-refractivity contribution in [2.75, 3.05) is 33.9 Å². The summed E-state index contributed by atoms with van der Waals surface area (Å²) in [4.78, 5) is 45.7. The molecule has 1 aliphatic rings. The maximum Gasteiger partial charge on any atom is 0.224 e. The molecule has 0 bridgehead atoms. The highest BCUT2D eigenvalue weighted by molar-refractivity contribution is 7.18. The number of benzene rings is 1. The minimum Gasteiger partial charge on any atom is -0.381 e. The normalized spacial score (nSPS) is 16.1. The van der Waals surface area contributed by atoms with Crippen LogP contribution in [0.4, 0.5) is 0 Å². The van der Waals surface area contributed by atoms with E-state index in [0.29, 0.717) is 45.4 Å². The van der Waals surface area contributed by atoms with Gasteiger partial charge in [0.2, 0.25) is 5.91 Å². The van der Waals surface area contributed by atoms with Gasteiger partial charge in [0, 0.05) is 51.5 Å². The summed E-state index contributed by atoms with van der Waals surface area (Å²) >= 11 is 1.61. The van der Waals surface area contributed by atoms with Crippen molar-refractivity contribution < 1.29 is 19.1 Å². The Bertz CT molecular complexity index is 1120. The lowest BCUT2D eigenvalue weighted by Crippen LogP contribution is -2.45. The van der Waals surface area contributed by atoms with E-state index in [9.17, 15) is 14.4 Å². The van der Waals surface area contributed by atoms with E-state index in [0.717, 1.165) is 40.9 Å². The van der Waals surface area contributed by atoms with Gasteiger partial charge in [-0.3, -0.25) is 14.4 Å². The van der Waals surface area contributed by atoms with Crippen molar-refractivity contribution in [3.8, 4) is 0 Å². The third-order valence-corrected chi connectivity index (χ3v) is 8.38. The summed E-state index contributed by atoms with van der Waals surface area (Å²) < 4.78 is 6.68. The second-order valence-electron chi connectivity index (χ2n) is 10.9. The largest absolute Gasteiger partial charge is 0.381 e. The van der Waals surface area contributed by atoms with Crippen molar-refractivity contribution in [1.29, 1.82) is 0 Å². The van der Waals surface area contributed by atoms with Gasteiger partial charge in [0.1, 0.15) is 5.78 Å². The Hall–Kier alpha value is -2.42. The maximum absolute atomic E-state index is 13.7. The number of thiazole rings is 1. The molecular formula is C31H45N3O4S. The molecular weight excluding hydrogens is 510 g/mol. The first kappa shape index (κ1) is 31.1. The number of nitrogens with zero attached hydrogens (tertiary/aromatic N) is 2. The summed E-state index contributed by atoms with van der Waals surface area (Å²) in [5, 5.41) is 4.16. The Labute approximate surface area is 237 Å². The molecule has 1 aromatic heterocycles. The Morgan fingerprint density at radius 1 is 1.18 bits per heavy atom. The fraction of sp³-hybridized carbons (Fsp3) is 0.613. The molecule has 1 saturated heterocycles. The van der Waals surface area contributed by atoms with Gasteiger partial charge in [0.25, 0.3) is 0 Å². The number of nitrogens with one attached hydrogen (secondary N) is 1. The first-order valence-corrected chi connectivity index (χ1v) is 15.2. The van der Waals surface area contributed by atoms with Crippen LogP contribution >= 0.6 is 11.3 Å². The number of Topliss-reactive ketones (excluding diaryl/α,β-unsaturated/α-hetero) is 1. The number of fused-ring (bicyclic) bond motifs is 1. The second-order valence-corrected chi connectivity index (χ2v) is 12.0. The summed E-state index contributed by atoms with van der Waals surface area (Å²) in [6.45, 7) is 6.16. The molecule has 1 aliphatic heterocycles. The van der Waals surface area contributed by atoms with E-state index >= 15 is 0 Å². The number of ketones is 2. The van der Waals surface area contributed by atoms with Crippen LogP contribution in [-0.4, -0.2) is 67.3 Å². The highest BCUT2D eigenvalue weighted by atomic mass is 32.1. The van der Waals surface area contributed by atoms with Crippen LogP contribution in [0.25, 0.3) is 10.2 Å². The van der Waals surface area contributed by atoms with Crippen molar-refractivity contribution in [1.82, 2.24) is 15.2 Å². The van der Waals surface area contributed by atoms with Crippen LogP contribution < -0.4 is 5.32 Å². The van der Waals surface area contributed by atoms with Crippen molar-refractivity contribution in [2.24, 2.45) is 11.8 Å². The van der Waals surface area contributed by atoms with E-state index in [1.165, 1.54) is 5.56 Å². The third kappa shape index (κ3) is 10.2. The number of amides is 1. The van der Waals surface area contributed by atoms with Gasteiger partial charge in [0.15, 0.2) is 5.78 Å². The van der Waals surface area contributed by atoms with Crippen molar-refractivity contribution in [3.05, 3.63) is 40.9 Å². The van der Waals surface area contributed by atoms with Gasteiger partial charge in [-0.15, -0.1) is 11.3 Å². The van der Waals surface area contributed by atoms with Crippen LogP contribution in [0.15, 0.2) is 30.4 Å². The fourth-order valence-corrected chi connectivity index (χ4v) is 6.18. The summed E-state index contributed by atoms with van der Waals surface area (Å²) in [6, 6.07) is 6.17. The smallest absolute Gasteiger partial charge is 0.224 e. The lowest BCUT2D eigenvalue weighted by Gasteiger charge is -2.32. The lowest BCUT2D eigenvalue weighted by atomic mass is 9.87. The van der Waals surface area contributed by atoms with E-state index in [-0.39, 0.29) is 35.9 Å². The van der Waals surface area contributed by atoms with E-state index in [1.54, 1.807) is 17.4 Å². The summed E-state index contributed by atoms with van der Waals surface area (Å²) in [6.07, 6.45) is 9.04. The standard InChI is InChI=1S/C31H45N3O4S/c1-5-8-26(36)20-24(21-30-32-28-12-10-22(6-2)19-29(28)39-30)31(37)33-27(23-14-17-38-18-15-23)13-11-25(35)9-7-16-34(3)4/h7,9-10,12,19,23-24,27H,5-6,8,11,13-18,20-21H2,1-4H3,(H,33,37)/b9-7+/t24-,27+/m0/s1. The number of likely N-dealkylation sites (N-methyl/N-ethyl adjacent to an activating group) is 1. The van der Waals surface area contributed by atoms with Crippen LogP contribution in [0.1, 0.15) is 69.4 Å². The van der Waals surface area contributed by atoms with Gasteiger partial charge in [0.05, 0.1) is 21.1 Å². The first-order valence-electron chi connectivity index (χ1n) is 14.4. The highest BCUT2D eigenvalue weighted by Crippen LogP contribution is 2.28. The Morgan fingerprint density at radius 2 is 1.95 bits per heavy atom. The number of rotatable bonds is 16. The molecule has 1 aromatic carbocycles. The summed E-state index contributed by atoms with van der Waals surface area (Å²) in [5.74, 6) is -0.161. The SMILES string of the molecule is CCCC(=O)C[C@@H](Cc1nc2ccc(CC)cc2s1)C(=O)N[C@H](CCC(=O)/C=C/CN(C)C)C1CCOCC1. The van der Waals surface area contributed by atoms with E-state index in [1.807, 2.05) is 38.1 Å². The maximum atomic E-state index is 13.7. The lowest BCUT2D eigenvalue weighted by molar-refractivity contribution is -0.130. The van der Waals surface area contributed by atoms with E-state index in [4.69, 9.17) is 9.72 Å². The number of aromatic nitrogens is 1. The molecule has 39 heavy (non-hydrogen) atoms.